The summed E-state index contributed by atoms with van der Waals surface area (Å²) >= 11 is 0. The van der Waals surface area contributed by atoms with Gasteiger partial charge in [0.05, 0.1) is 10.9 Å². The molecule has 1 N–H and O–H groups in total. The van der Waals surface area contributed by atoms with E-state index in [2.05, 4.69) is 9.97 Å². The molecule has 0 aliphatic heterocycles. The third kappa shape index (κ3) is 3.41. The van der Waals surface area contributed by atoms with Crippen LogP contribution in [-0.4, -0.2) is 52.7 Å². The number of fused-ring (bicyclic) bond motifs is 1. The summed E-state index contributed by atoms with van der Waals surface area (Å²) < 4.78 is 6.44. The fourth-order valence-corrected chi connectivity index (χ4v) is 3.10. The molecule has 2 aromatic rings. The molecule has 140 valence electrons. The fourth-order valence-electron chi connectivity index (χ4n) is 3.10. The van der Waals surface area contributed by atoms with Gasteiger partial charge in [-0.1, -0.05) is 0 Å². The standard InChI is InChI=1S/C18H24N4O4/c1-4-22-15-14(16(23)20-18(22)25)12(10-13(19-15)11-6-7-11)17(24)21(2)8-5-9-26-3/h10-11H,4-9H2,1-3H3,(H,20,23,25). The lowest BCUT2D eigenvalue weighted by atomic mass is 10.1. The summed E-state index contributed by atoms with van der Waals surface area (Å²) in [4.78, 5) is 46.0. The summed E-state index contributed by atoms with van der Waals surface area (Å²) in [5.41, 5.74) is 0.299. The number of carbonyl (C=O) groups is 1. The Bertz CT molecular complexity index is 943. The molecule has 3 rings (SSSR count). The Hall–Kier alpha value is -2.48. The van der Waals surface area contributed by atoms with Crippen LogP contribution in [0.3, 0.4) is 0 Å². The number of carbonyl (C=O) groups excluding carboxylic acids is 1. The van der Waals surface area contributed by atoms with Crippen molar-refractivity contribution in [3.63, 3.8) is 0 Å². The summed E-state index contributed by atoms with van der Waals surface area (Å²) in [6, 6.07) is 1.72. The average molecular weight is 360 g/mol. The number of H-pyrrole nitrogens is 1. The lowest BCUT2D eigenvalue weighted by Crippen LogP contribution is -2.34. The van der Waals surface area contributed by atoms with E-state index in [0.29, 0.717) is 43.2 Å². The molecule has 1 aliphatic carbocycles. The van der Waals surface area contributed by atoms with Crippen LogP contribution in [0.1, 0.15) is 48.2 Å². The number of hydrogen-bond donors (Lipinski definition) is 1. The van der Waals surface area contributed by atoms with Gasteiger partial charge in [0.25, 0.3) is 11.5 Å². The number of methoxy groups -OCH3 is 1. The van der Waals surface area contributed by atoms with E-state index in [0.717, 1.165) is 18.5 Å². The molecule has 8 heteroatoms. The molecule has 0 radical (unpaired) electrons. The SMILES string of the molecule is CCn1c(=O)[nH]c(=O)c2c(C(=O)N(C)CCCOC)cc(C3CC3)nc21. The number of nitrogens with one attached hydrogen (secondary N) is 1. The molecular formula is C18H24N4O4. The zero-order valence-corrected chi connectivity index (χ0v) is 15.4. The lowest BCUT2D eigenvalue weighted by molar-refractivity contribution is 0.0781. The van der Waals surface area contributed by atoms with Crippen molar-refractivity contribution in [2.45, 2.75) is 38.6 Å². The van der Waals surface area contributed by atoms with Crippen molar-refractivity contribution in [2.24, 2.45) is 0 Å². The Morgan fingerprint density at radius 3 is 2.77 bits per heavy atom. The van der Waals surface area contributed by atoms with E-state index in [4.69, 9.17) is 4.74 Å². The number of hydrogen-bond acceptors (Lipinski definition) is 5. The number of aromatic nitrogens is 3. The van der Waals surface area contributed by atoms with Crippen LogP contribution in [0, 0.1) is 0 Å². The van der Waals surface area contributed by atoms with Crippen molar-refractivity contribution in [3.05, 3.63) is 38.2 Å². The predicted octanol–water partition coefficient (Wildman–Crippen LogP) is 1.09. The van der Waals surface area contributed by atoms with Crippen LogP contribution in [0.5, 0.6) is 0 Å². The molecule has 8 nitrogen and oxygen atoms in total. The minimum atomic E-state index is -0.571. The van der Waals surface area contributed by atoms with Crippen molar-refractivity contribution >= 4 is 16.9 Å². The second-order valence-electron chi connectivity index (χ2n) is 6.64. The second-order valence-corrected chi connectivity index (χ2v) is 6.64. The summed E-state index contributed by atoms with van der Waals surface area (Å²) in [5, 5.41) is 0.180. The van der Waals surface area contributed by atoms with Gasteiger partial charge in [-0.25, -0.2) is 9.78 Å². The third-order valence-electron chi connectivity index (χ3n) is 4.70. The van der Waals surface area contributed by atoms with E-state index in [1.165, 1.54) is 4.57 Å². The van der Waals surface area contributed by atoms with Gasteiger partial charge in [-0.3, -0.25) is 19.1 Å². The number of rotatable bonds is 7. The predicted molar refractivity (Wildman–Crippen MR) is 97.7 cm³/mol. The van der Waals surface area contributed by atoms with Crippen LogP contribution in [0.25, 0.3) is 11.0 Å². The van der Waals surface area contributed by atoms with E-state index in [1.807, 2.05) is 6.92 Å². The van der Waals surface area contributed by atoms with Gasteiger partial charge < -0.3 is 9.64 Å². The maximum absolute atomic E-state index is 13.0. The summed E-state index contributed by atoms with van der Waals surface area (Å²) in [6.07, 6.45) is 2.72. The molecule has 0 saturated heterocycles. The van der Waals surface area contributed by atoms with E-state index in [-0.39, 0.29) is 11.3 Å². The van der Waals surface area contributed by atoms with Crippen LogP contribution in [0.15, 0.2) is 15.7 Å². The van der Waals surface area contributed by atoms with Crippen molar-refractivity contribution in [1.82, 2.24) is 19.4 Å². The van der Waals surface area contributed by atoms with Gasteiger partial charge in [0.2, 0.25) is 0 Å². The summed E-state index contributed by atoms with van der Waals surface area (Å²) in [7, 11) is 3.31. The highest BCUT2D eigenvalue weighted by Crippen LogP contribution is 2.40. The van der Waals surface area contributed by atoms with E-state index in [9.17, 15) is 14.4 Å². The average Bonchev–Trinajstić information content (AvgIpc) is 3.45. The van der Waals surface area contributed by atoms with Gasteiger partial charge in [-0.15, -0.1) is 0 Å². The molecule has 0 unspecified atom stereocenters. The number of nitrogens with zero attached hydrogens (tertiary/aromatic N) is 3. The first-order valence-corrected chi connectivity index (χ1v) is 8.90. The molecule has 0 bridgehead atoms. The minimum absolute atomic E-state index is 0.180. The minimum Gasteiger partial charge on any atom is -0.385 e. The highest BCUT2D eigenvalue weighted by Gasteiger charge is 2.29. The molecular weight excluding hydrogens is 336 g/mol. The van der Waals surface area contributed by atoms with Crippen molar-refractivity contribution in [2.75, 3.05) is 27.3 Å². The Morgan fingerprint density at radius 1 is 1.42 bits per heavy atom. The monoisotopic (exact) mass is 360 g/mol. The number of aryl methyl sites for hydroxylation is 1. The first-order valence-electron chi connectivity index (χ1n) is 8.90. The van der Waals surface area contributed by atoms with Crippen LogP contribution in [-0.2, 0) is 11.3 Å². The van der Waals surface area contributed by atoms with Crippen molar-refractivity contribution in [3.8, 4) is 0 Å². The highest BCUT2D eigenvalue weighted by molar-refractivity contribution is 6.05. The molecule has 26 heavy (non-hydrogen) atoms. The molecule has 2 aromatic heterocycles. The van der Waals surface area contributed by atoms with Crippen molar-refractivity contribution in [1.29, 1.82) is 0 Å². The lowest BCUT2D eigenvalue weighted by Gasteiger charge is -2.19. The van der Waals surface area contributed by atoms with Crippen molar-refractivity contribution < 1.29 is 9.53 Å². The van der Waals surface area contributed by atoms with E-state index in [1.54, 1.807) is 25.1 Å². The quantitative estimate of drug-likeness (QED) is 0.746. The van der Waals surface area contributed by atoms with Gasteiger partial charge in [-0.05, 0) is 32.3 Å². The Kier molecular flexibility index (Phi) is 5.22. The topological polar surface area (TPSA) is 97.3 Å². The van der Waals surface area contributed by atoms with Gasteiger partial charge >= 0.3 is 5.69 Å². The maximum atomic E-state index is 13.0. The van der Waals surface area contributed by atoms with Gasteiger partial charge in [0.1, 0.15) is 0 Å². The zero-order valence-electron chi connectivity index (χ0n) is 15.4. The third-order valence-corrected chi connectivity index (χ3v) is 4.70. The number of aromatic amines is 1. The highest BCUT2D eigenvalue weighted by atomic mass is 16.5. The van der Waals surface area contributed by atoms with Crippen LogP contribution in [0.4, 0.5) is 0 Å². The maximum Gasteiger partial charge on any atom is 0.329 e. The molecule has 1 aliphatic rings. The second kappa shape index (κ2) is 7.41. The fraction of sp³-hybridized carbons (Fsp3) is 0.556. The molecule has 1 amide bonds. The number of ether oxygens (including phenoxy) is 1. The van der Waals surface area contributed by atoms with E-state index >= 15 is 0 Å². The first kappa shape index (κ1) is 18.3. The van der Waals surface area contributed by atoms with E-state index < -0.39 is 11.2 Å². The smallest absolute Gasteiger partial charge is 0.329 e. The first-order chi connectivity index (χ1) is 12.5. The molecule has 1 fully saturated rings. The molecule has 0 atom stereocenters. The number of amides is 1. The molecule has 0 spiro atoms. The van der Waals surface area contributed by atoms with Crippen LogP contribution >= 0.6 is 0 Å². The van der Waals surface area contributed by atoms with Gasteiger partial charge in [0.15, 0.2) is 5.65 Å². The normalized spacial score (nSPS) is 14.0. The number of pyridine rings is 1. The Labute approximate surface area is 150 Å². The van der Waals surface area contributed by atoms with Crippen LogP contribution in [0.2, 0.25) is 0 Å². The van der Waals surface area contributed by atoms with Gasteiger partial charge in [0, 0.05) is 45.5 Å². The molecule has 2 heterocycles. The summed E-state index contributed by atoms with van der Waals surface area (Å²) in [6.45, 7) is 3.24. The molecule has 1 saturated carbocycles. The largest absolute Gasteiger partial charge is 0.385 e. The van der Waals surface area contributed by atoms with Gasteiger partial charge in [-0.2, -0.15) is 0 Å². The summed E-state index contributed by atoms with van der Waals surface area (Å²) in [5.74, 6) is 0.0478. The Balaban J connectivity index is 2.15. The molecule has 0 aromatic carbocycles. The zero-order chi connectivity index (χ0) is 18.8. The van der Waals surface area contributed by atoms with Crippen LogP contribution < -0.4 is 11.2 Å². The Morgan fingerprint density at radius 2 is 2.15 bits per heavy atom.